The van der Waals surface area contributed by atoms with Crippen molar-refractivity contribution in [2.24, 2.45) is 0 Å². The van der Waals surface area contributed by atoms with Gasteiger partial charge in [0.2, 0.25) is 0 Å². The first-order chi connectivity index (χ1) is 13.7. The Morgan fingerprint density at radius 3 is 2.38 bits per heavy atom. The van der Waals surface area contributed by atoms with Crippen molar-refractivity contribution in [2.45, 2.75) is 46.6 Å². The summed E-state index contributed by atoms with van der Waals surface area (Å²) in [6, 6.07) is 12.2. The molecule has 6 nitrogen and oxygen atoms in total. The van der Waals surface area contributed by atoms with E-state index in [0.29, 0.717) is 22.9 Å². The molecule has 0 aliphatic heterocycles. The minimum Gasteiger partial charge on any atom is -0.482 e. The first-order valence-electron chi connectivity index (χ1n) is 9.52. The van der Waals surface area contributed by atoms with Crippen LogP contribution in [-0.4, -0.2) is 30.4 Å². The van der Waals surface area contributed by atoms with Crippen molar-refractivity contribution in [3.63, 3.8) is 0 Å². The number of amides is 1. The van der Waals surface area contributed by atoms with Gasteiger partial charge < -0.3 is 14.8 Å². The molecule has 2 aromatic rings. The normalized spacial score (nSPS) is 11.7. The molecule has 1 N–H and O–H groups in total. The van der Waals surface area contributed by atoms with E-state index in [1.807, 2.05) is 25.1 Å². The summed E-state index contributed by atoms with van der Waals surface area (Å²) < 4.78 is 10.6. The summed E-state index contributed by atoms with van der Waals surface area (Å²) in [7, 11) is 0. The lowest BCUT2D eigenvalue weighted by Gasteiger charge is -2.15. The van der Waals surface area contributed by atoms with Crippen molar-refractivity contribution in [2.75, 3.05) is 11.9 Å². The third-order valence-electron chi connectivity index (χ3n) is 4.43. The number of carbonyl (C=O) groups is 3. The highest BCUT2D eigenvalue weighted by Gasteiger charge is 2.19. The number of aryl methyl sites for hydroxylation is 1. The fraction of sp³-hybridized carbons (Fsp3) is 0.348. The van der Waals surface area contributed by atoms with Gasteiger partial charge in [0.25, 0.3) is 5.91 Å². The highest BCUT2D eigenvalue weighted by atomic mass is 16.6. The van der Waals surface area contributed by atoms with Gasteiger partial charge in [-0.3, -0.25) is 9.59 Å². The van der Waals surface area contributed by atoms with Crippen molar-refractivity contribution in [1.29, 1.82) is 0 Å². The minimum atomic E-state index is -1.00. The first-order valence-corrected chi connectivity index (χ1v) is 9.52. The molecule has 1 amide bonds. The molecule has 0 saturated heterocycles. The van der Waals surface area contributed by atoms with Crippen LogP contribution in [0.25, 0.3) is 0 Å². The average molecular weight is 397 g/mol. The number of hydrogen-bond acceptors (Lipinski definition) is 5. The lowest BCUT2D eigenvalue weighted by molar-refractivity contribution is -0.155. The van der Waals surface area contributed by atoms with E-state index < -0.39 is 18.0 Å². The molecule has 0 spiro atoms. The van der Waals surface area contributed by atoms with Crippen LogP contribution in [-0.2, 0) is 14.3 Å². The Morgan fingerprint density at radius 1 is 1.03 bits per heavy atom. The molecular formula is C23H27NO5. The summed E-state index contributed by atoms with van der Waals surface area (Å²) in [5.41, 5.74) is 3.26. The van der Waals surface area contributed by atoms with Crippen LogP contribution in [0, 0.1) is 6.92 Å². The lowest BCUT2D eigenvalue weighted by atomic mass is 9.98. The Hall–Kier alpha value is -3.15. The van der Waals surface area contributed by atoms with Crippen molar-refractivity contribution in [1.82, 2.24) is 0 Å². The molecule has 2 aromatic carbocycles. The average Bonchev–Trinajstić information content (AvgIpc) is 2.66. The molecule has 0 fully saturated rings. The number of rotatable bonds is 8. The van der Waals surface area contributed by atoms with E-state index in [0.717, 1.165) is 5.56 Å². The highest BCUT2D eigenvalue weighted by Crippen LogP contribution is 2.23. The van der Waals surface area contributed by atoms with E-state index in [1.54, 1.807) is 24.3 Å². The van der Waals surface area contributed by atoms with Crippen LogP contribution >= 0.6 is 0 Å². The first kappa shape index (κ1) is 22.1. The Labute approximate surface area is 171 Å². The maximum atomic E-state index is 12.2. The molecule has 0 unspecified atom stereocenters. The van der Waals surface area contributed by atoms with E-state index in [4.69, 9.17) is 9.47 Å². The van der Waals surface area contributed by atoms with E-state index in [9.17, 15) is 14.4 Å². The monoisotopic (exact) mass is 397 g/mol. The summed E-state index contributed by atoms with van der Waals surface area (Å²) in [6.07, 6.45) is -1.00. The number of ether oxygens (including phenoxy) is 2. The van der Waals surface area contributed by atoms with Crippen LogP contribution in [0.15, 0.2) is 42.5 Å². The fourth-order valence-electron chi connectivity index (χ4n) is 2.87. The van der Waals surface area contributed by atoms with Crippen LogP contribution in [0.2, 0.25) is 0 Å². The van der Waals surface area contributed by atoms with Crippen molar-refractivity contribution in [3.05, 3.63) is 59.2 Å². The Morgan fingerprint density at radius 2 is 1.76 bits per heavy atom. The summed E-state index contributed by atoms with van der Waals surface area (Å²) in [5, 5.41) is 2.63. The number of anilines is 1. The minimum absolute atomic E-state index is 0.102. The van der Waals surface area contributed by atoms with Crippen LogP contribution in [0.4, 0.5) is 5.69 Å². The third kappa shape index (κ3) is 6.45. The second-order valence-electron chi connectivity index (χ2n) is 7.22. The Bertz CT molecular complexity index is 904. The SMILES string of the molecule is CC(=O)c1cccc(NC(=O)[C@@H](C)OC(=O)COc2ccc(C(C)C)c(C)c2)c1. The standard InChI is InChI=1S/C23H27NO5/c1-14(2)21-10-9-20(11-15(21)3)28-13-22(26)29-17(5)23(27)24-19-8-6-7-18(12-19)16(4)25/h6-12,14,17H,13H2,1-5H3,(H,24,27)/t17-/m1/s1. The van der Waals surface area contributed by atoms with E-state index in [2.05, 4.69) is 19.2 Å². The summed E-state index contributed by atoms with van der Waals surface area (Å²) in [5.74, 6) is -0.257. The number of ketones is 1. The Balaban J connectivity index is 1.87. The highest BCUT2D eigenvalue weighted by molar-refractivity contribution is 5.98. The molecule has 0 aliphatic rings. The number of carbonyl (C=O) groups excluding carboxylic acids is 3. The van der Waals surface area contributed by atoms with Crippen molar-refractivity contribution < 1.29 is 23.9 Å². The van der Waals surface area contributed by atoms with E-state index in [1.165, 1.54) is 19.4 Å². The molecule has 0 bridgehead atoms. The van der Waals surface area contributed by atoms with Gasteiger partial charge in [-0.25, -0.2) is 4.79 Å². The molecule has 0 saturated carbocycles. The smallest absolute Gasteiger partial charge is 0.344 e. The second-order valence-corrected chi connectivity index (χ2v) is 7.22. The molecule has 0 radical (unpaired) electrons. The zero-order valence-electron chi connectivity index (χ0n) is 17.4. The predicted octanol–water partition coefficient (Wildman–Crippen LogP) is 4.27. The molecule has 1 atom stereocenters. The second kappa shape index (κ2) is 9.87. The van der Waals surface area contributed by atoms with Crippen LogP contribution < -0.4 is 10.1 Å². The van der Waals surface area contributed by atoms with Gasteiger partial charge in [0, 0.05) is 11.3 Å². The molecule has 29 heavy (non-hydrogen) atoms. The largest absolute Gasteiger partial charge is 0.482 e. The quantitative estimate of drug-likeness (QED) is 0.531. The number of Topliss-reactive ketones (excluding diaryl/α,β-unsaturated/α-hetero) is 1. The molecule has 6 heteroatoms. The van der Waals surface area contributed by atoms with Crippen LogP contribution in [0.1, 0.15) is 55.1 Å². The van der Waals surface area contributed by atoms with Crippen molar-refractivity contribution >= 4 is 23.3 Å². The zero-order chi connectivity index (χ0) is 21.6. The van der Waals surface area contributed by atoms with Gasteiger partial charge in [-0.15, -0.1) is 0 Å². The maximum absolute atomic E-state index is 12.2. The molecule has 0 aromatic heterocycles. The third-order valence-corrected chi connectivity index (χ3v) is 4.43. The Kier molecular flexibility index (Phi) is 7.53. The predicted molar refractivity (Wildman–Crippen MR) is 111 cm³/mol. The number of nitrogens with one attached hydrogen (secondary N) is 1. The van der Waals surface area contributed by atoms with Gasteiger partial charge in [0.05, 0.1) is 0 Å². The fourth-order valence-corrected chi connectivity index (χ4v) is 2.87. The molecule has 0 aliphatic carbocycles. The number of benzene rings is 2. The van der Waals surface area contributed by atoms with Crippen LogP contribution in [0.3, 0.4) is 0 Å². The topological polar surface area (TPSA) is 81.7 Å². The summed E-state index contributed by atoms with van der Waals surface area (Å²) >= 11 is 0. The van der Waals surface area contributed by atoms with Gasteiger partial charge in [-0.05, 0) is 62.1 Å². The van der Waals surface area contributed by atoms with Gasteiger partial charge in [0.15, 0.2) is 18.5 Å². The molecule has 154 valence electrons. The number of hydrogen-bond donors (Lipinski definition) is 1. The van der Waals surface area contributed by atoms with Gasteiger partial charge in [-0.2, -0.15) is 0 Å². The van der Waals surface area contributed by atoms with Crippen molar-refractivity contribution in [3.8, 4) is 5.75 Å². The summed E-state index contributed by atoms with van der Waals surface area (Å²) in [6.45, 7) is 8.85. The summed E-state index contributed by atoms with van der Waals surface area (Å²) in [4.78, 5) is 35.7. The van der Waals surface area contributed by atoms with Gasteiger partial charge >= 0.3 is 5.97 Å². The van der Waals surface area contributed by atoms with Gasteiger partial charge in [0.1, 0.15) is 5.75 Å². The van der Waals surface area contributed by atoms with E-state index >= 15 is 0 Å². The maximum Gasteiger partial charge on any atom is 0.344 e. The lowest BCUT2D eigenvalue weighted by Crippen LogP contribution is -2.31. The van der Waals surface area contributed by atoms with Crippen LogP contribution in [0.5, 0.6) is 5.75 Å². The molecular weight excluding hydrogens is 370 g/mol. The van der Waals surface area contributed by atoms with E-state index in [-0.39, 0.29) is 12.4 Å². The molecule has 2 rings (SSSR count). The molecule has 0 heterocycles. The van der Waals surface area contributed by atoms with Gasteiger partial charge in [-0.1, -0.05) is 32.0 Å². The number of esters is 1. The zero-order valence-corrected chi connectivity index (χ0v) is 17.4.